The molecular formula is C20H17Cl2O2Zr. The van der Waals surface area contributed by atoms with Gasteiger partial charge in [-0.2, -0.15) is 0 Å². The number of ether oxygens (including phenoxy) is 1. The van der Waals surface area contributed by atoms with Crippen LogP contribution in [0.15, 0.2) is 60.4 Å². The van der Waals surface area contributed by atoms with Crippen molar-refractivity contribution in [2.75, 3.05) is 13.2 Å². The van der Waals surface area contributed by atoms with Gasteiger partial charge in [0.05, 0.1) is 0 Å². The molecule has 2 aromatic rings. The second-order valence-corrected chi connectivity index (χ2v) is 7.23. The van der Waals surface area contributed by atoms with Gasteiger partial charge in [-0.15, -0.1) is 0 Å². The third-order valence-corrected chi connectivity index (χ3v) is 5.99. The quantitative estimate of drug-likeness (QED) is 0.583. The molecule has 2 aliphatic rings. The molecule has 0 bridgehead atoms. The first-order valence-electron chi connectivity index (χ1n) is 7.88. The molecule has 0 saturated carbocycles. The summed E-state index contributed by atoms with van der Waals surface area (Å²) in [5, 5.41) is 9.03. The Morgan fingerprint density at radius 1 is 1.00 bits per heavy atom. The van der Waals surface area contributed by atoms with Crippen molar-refractivity contribution < 1.29 is 59.4 Å². The third kappa shape index (κ3) is 3.53. The number of hydrogen-bond donors (Lipinski definition) is 1. The number of aliphatic hydroxyl groups is 1. The summed E-state index contributed by atoms with van der Waals surface area (Å²) >= 11 is 1.52. The molecule has 5 heteroatoms. The van der Waals surface area contributed by atoms with Crippen LogP contribution in [0.25, 0.3) is 16.7 Å². The van der Waals surface area contributed by atoms with Crippen molar-refractivity contribution in [1.82, 2.24) is 0 Å². The standard InChI is InChI=1S/C20H17O2.2ClH.Zr/c21-11-12-22-20-10-4-9-18(20)17-8-3-7-16-15-6-2-1-5-14(15)13-19(16)17;;;/h1-8,10,13,21H,9,11-12H2;2*1H;/q;;;+2/p-2. The zero-order valence-corrected chi connectivity index (χ0v) is 17.5. The van der Waals surface area contributed by atoms with Gasteiger partial charge in [0, 0.05) is 0 Å². The predicted molar refractivity (Wildman–Crippen MR) is 87.4 cm³/mol. The van der Waals surface area contributed by atoms with Gasteiger partial charge in [-0.25, -0.2) is 0 Å². The van der Waals surface area contributed by atoms with Crippen LogP contribution in [0.5, 0.6) is 0 Å². The van der Waals surface area contributed by atoms with Crippen LogP contribution in [0.4, 0.5) is 0 Å². The molecule has 2 aliphatic carbocycles. The Morgan fingerprint density at radius 3 is 2.52 bits per heavy atom. The summed E-state index contributed by atoms with van der Waals surface area (Å²) in [5.41, 5.74) is 8.17. The zero-order valence-electron chi connectivity index (χ0n) is 13.5. The topological polar surface area (TPSA) is 29.5 Å². The smallest absolute Gasteiger partial charge is 1.00 e. The number of allylic oxidation sites excluding steroid dienone is 3. The maximum atomic E-state index is 9.03. The molecule has 1 unspecified atom stereocenters. The molecule has 0 spiro atoms. The van der Waals surface area contributed by atoms with E-state index >= 15 is 0 Å². The Morgan fingerprint density at radius 2 is 1.72 bits per heavy atom. The van der Waals surface area contributed by atoms with Crippen LogP contribution in [0.2, 0.25) is 0 Å². The molecule has 0 saturated heterocycles. The van der Waals surface area contributed by atoms with Crippen molar-refractivity contribution in [2.45, 2.75) is 10.0 Å². The Hall–Kier alpha value is -0.857. The van der Waals surface area contributed by atoms with Gasteiger partial charge in [-0.3, -0.25) is 0 Å². The van der Waals surface area contributed by atoms with Crippen LogP contribution in [0.1, 0.15) is 26.7 Å². The van der Waals surface area contributed by atoms with Gasteiger partial charge < -0.3 is 24.8 Å². The van der Waals surface area contributed by atoms with Crippen molar-refractivity contribution in [3.63, 3.8) is 0 Å². The molecule has 0 heterocycles. The summed E-state index contributed by atoms with van der Waals surface area (Å²) in [4.78, 5) is 0. The molecule has 0 radical (unpaired) electrons. The van der Waals surface area contributed by atoms with Gasteiger partial charge in [-0.1, -0.05) is 0 Å². The van der Waals surface area contributed by atoms with Crippen molar-refractivity contribution >= 4 is 5.57 Å². The minimum absolute atomic E-state index is 0. The number of aliphatic hydroxyl groups excluding tert-OH is 1. The SMILES string of the molecule is OCCOC1=C(c2cccc3c2[CH]([Zr+2])c2ccccc2-3)CC=C1.[Cl-].[Cl-]. The first kappa shape index (κ1) is 20.5. The van der Waals surface area contributed by atoms with E-state index in [2.05, 4.69) is 48.5 Å². The fourth-order valence-corrected chi connectivity index (χ4v) is 4.93. The summed E-state index contributed by atoms with van der Waals surface area (Å²) < 4.78 is 6.22. The minimum Gasteiger partial charge on any atom is -1.00 e. The van der Waals surface area contributed by atoms with Crippen molar-refractivity contribution in [2.24, 2.45) is 0 Å². The third-order valence-electron chi connectivity index (χ3n) is 4.52. The van der Waals surface area contributed by atoms with Gasteiger partial charge in [0.1, 0.15) is 0 Å². The monoisotopic (exact) mass is 449 g/mol. The van der Waals surface area contributed by atoms with E-state index in [4.69, 9.17) is 9.84 Å². The molecule has 2 nitrogen and oxygen atoms in total. The second kappa shape index (κ2) is 8.69. The molecule has 1 atom stereocenters. The van der Waals surface area contributed by atoms with Gasteiger partial charge >= 0.3 is 152 Å². The fourth-order valence-electron chi connectivity index (χ4n) is 3.54. The van der Waals surface area contributed by atoms with Gasteiger partial charge in [0.25, 0.3) is 0 Å². The first-order valence-corrected chi connectivity index (χ1v) is 9.30. The number of hydrogen-bond acceptors (Lipinski definition) is 2. The van der Waals surface area contributed by atoms with E-state index in [1.54, 1.807) is 0 Å². The van der Waals surface area contributed by atoms with Crippen molar-refractivity contribution in [1.29, 1.82) is 0 Å². The van der Waals surface area contributed by atoms with Gasteiger partial charge in [-0.05, 0) is 0 Å². The van der Waals surface area contributed by atoms with E-state index in [0.717, 1.165) is 12.2 Å². The van der Waals surface area contributed by atoms with Crippen LogP contribution in [0.3, 0.4) is 0 Å². The molecule has 25 heavy (non-hydrogen) atoms. The summed E-state index contributed by atoms with van der Waals surface area (Å²) in [6.07, 6.45) is 5.07. The van der Waals surface area contributed by atoms with E-state index in [1.807, 2.05) is 6.08 Å². The van der Waals surface area contributed by atoms with Crippen LogP contribution >= 0.6 is 0 Å². The number of rotatable bonds is 4. The predicted octanol–water partition coefficient (Wildman–Crippen LogP) is -2.01. The average molecular weight is 451 g/mol. The molecule has 127 valence electrons. The normalized spacial score (nSPS) is 16.8. The van der Waals surface area contributed by atoms with Gasteiger partial charge in [0.15, 0.2) is 0 Å². The molecule has 4 rings (SSSR count). The van der Waals surface area contributed by atoms with E-state index in [0.29, 0.717) is 10.2 Å². The Kier molecular flexibility index (Phi) is 7.11. The van der Waals surface area contributed by atoms with Crippen molar-refractivity contribution in [3.8, 4) is 11.1 Å². The minimum atomic E-state index is 0. The summed E-state index contributed by atoms with van der Waals surface area (Å²) in [5.74, 6) is 0.909. The maximum absolute atomic E-state index is 9.03. The summed E-state index contributed by atoms with van der Waals surface area (Å²) in [6.45, 7) is 0.392. The van der Waals surface area contributed by atoms with Crippen LogP contribution in [-0.4, -0.2) is 18.3 Å². The molecule has 2 aromatic carbocycles. The van der Waals surface area contributed by atoms with Crippen molar-refractivity contribution in [3.05, 3.63) is 77.1 Å². The van der Waals surface area contributed by atoms with E-state index < -0.39 is 0 Å². The number of benzene rings is 2. The Bertz CT molecular complexity index is 830. The molecule has 1 N–H and O–H groups in total. The molecule has 0 aliphatic heterocycles. The fraction of sp³-hybridized carbons (Fsp3) is 0.200. The molecule has 0 amide bonds. The van der Waals surface area contributed by atoms with Crippen LogP contribution in [-0.2, 0) is 29.5 Å². The maximum Gasteiger partial charge on any atom is -1.00 e. The average Bonchev–Trinajstić information content (AvgIpc) is 3.17. The van der Waals surface area contributed by atoms with Crippen LogP contribution in [0, 0.1) is 0 Å². The van der Waals surface area contributed by atoms with E-state index in [9.17, 15) is 0 Å². The van der Waals surface area contributed by atoms with Gasteiger partial charge in [0.2, 0.25) is 0 Å². The van der Waals surface area contributed by atoms with Crippen LogP contribution < -0.4 is 24.8 Å². The van der Waals surface area contributed by atoms with E-state index in [-0.39, 0.29) is 31.4 Å². The molecule has 0 fully saturated rings. The first-order chi connectivity index (χ1) is 11.3. The summed E-state index contributed by atoms with van der Waals surface area (Å²) in [6, 6.07) is 15.3. The zero-order chi connectivity index (χ0) is 15.8. The largest absolute Gasteiger partial charge is 1.00 e. The van der Waals surface area contributed by atoms with E-state index in [1.165, 1.54) is 58.1 Å². The molecule has 0 aromatic heterocycles. The summed E-state index contributed by atoms with van der Waals surface area (Å²) in [7, 11) is 0. The number of halogens is 2. The number of fused-ring (bicyclic) bond motifs is 3. The second-order valence-electron chi connectivity index (χ2n) is 5.81. The Balaban J connectivity index is 0.00000113. The Labute approximate surface area is 175 Å². The molecular weight excluding hydrogens is 434 g/mol.